The van der Waals surface area contributed by atoms with Gasteiger partial charge in [0.15, 0.2) is 5.96 Å². The van der Waals surface area contributed by atoms with E-state index in [0.29, 0.717) is 24.2 Å². The highest BCUT2D eigenvalue weighted by Crippen LogP contribution is 2.13. The number of nitrogens with two attached hydrogens (primary N) is 1. The molecule has 6 N–H and O–H groups in total. The van der Waals surface area contributed by atoms with Gasteiger partial charge in [0.25, 0.3) is 5.91 Å². The fraction of sp³-hybridized carbons (Fsp3) is 0.167. The molecule has 0 fully saturated rings. The van der Waals surface area contributed by atoms with Crippen LogP contribution in [-0.4, -0.2) is 22.9 Å². The number of hydrogen-bond acceptors (Lipinski definition) is 3. The smallest absolute Gasteiger partial charge is 0.303 e. The number of carboxylic acid groups (broad SMARTS) is 1. The first-order valence-electron chi connectivity index (χ1n) is 7.73. The zero-order chi connectivity index (χ0) is 18.2. The summed E-state index contributed by atoms with van der Waals surface area (Å²) in [7, 11) is 0. The zero-order valence-electron chi connectivity index (χ0n) is 13.6. The van der Waals surface area contributed by atoms with Gasteiger partial charge in [-0.2, -0.15) is 0 Å². The topological polar surface area (TPSA) is 128 Å². The van der Waals surface area contributed by atoms with Crippen LogP contribution in [0.3, 0.4) is 0 Å². The van der Waals surface area contributed by atoms with Crippen molar-refractivity contribution in [2.75, 3.05) is 5.32 Å². The van der Waals surface area contributed by atoms with Gasteiger partial charge < -0.3 is 21.5 Å². The van der Waals surface area contributed by atoms with E-state index in [1.165, 1.54) is 0 Å². The van der Waals surface area contributed by atoms with Crippen LogP contribution in [0.15, 0.2) is 48.5 Å². The SMILES string of the molecule is N=C(N)Nc1cccc(C(=O)NCc2ccccc2CCC(=O)O)c1. The highest BCUT2D eigenvalue weighted by molar-refractivity contribution is 5.96. The van der Waals surface area contributed by atoms with Crippen LogP contribution in [0.5, 0.6) is 0 Å². The van der Waals surface area contributed by atoms with Gasteiger partial charge in [-0.15, -0.1) is 0 Å². The third kappa shape index (κ3) is 5.65. The fourth-order valence-corrected chi connectivity index (χ4v) is 2.39. The molecule has 7 heteroatoms. The van der Waals surface area contributed by atoms with Crippen molar-refractivity contribution in [2.45, 2.75) is 19.4 Å². The monoisotopic (exact) mass is 340 g/mol. The second kappa shape index (κ2) is 8.49. The van der Waals surface area contributed by atoms with Gasteiger partial charge in [0.2, 0.25) is 0 Å². The predicted molar refractivity (Wildman–Crippen MR) is 95.5 cm³/mol. The van der Waals surface area contributed by atoms with Crippen molar-refractivity contribution in [2.24, 2.45) is 5.73 Å². The maximum Gasteiger partial charge on any atom is 0.303 e. The predicted octanol–water partition coefficient (Wildman–Crippen LogP) is 1.94. The van der Waals surface area contributed by atoms with Crippen LogP contribution in [0.2, 0.25) is 0 Å². The Morgan fingerprint density at radius 1 is 1.08 bits per heavy atom. The van der Waals surface area contributed by atoms with Crippen molar-refractivity contribution >= 4 is 23.5 Å². The molecule has 0 aliphatic carbocycles. The van der Waals surface area contributed by atoms with Crippen LogP contribution in [-0.2, 0) is 17.8 Å². The van der Waals surface area contributed by atoms with Gasteiger partial charge >= 0.3 is 5.97 Å². The van der Waals surface area contributed by atoms with Crippen LogP contribution < -0.4 is 16.4 Å². The number of anilines is 1. The fourth-order valence-electron chi connectivity index (χ4n) is 2.39. The van der Waals surface area contributed by atoms with Gasteiger partial charge in [-0.05, 0) is 35.7 Å². The first-order valence-corrected chi connectivity index (χ1v) is 7.73. The van der Waals surface area contributed by atoms with Crippen LogP contribution in [0.25, 0.3) is 0 Å². The Balaban J connectivity index is 2.03. The molecular formula is C18H20N4O3. The summed E-state index contributed by atoms with van der Waals surface area (Å²) in [6.45, 7) is 0.305. The highest BCUT2D eigenvalue weighted by atomic mass is 16.4. The summed E-state index contributed by atoms with van der Waals surface area (Å²) < 4.78 is 0. The van der Waals surface area contributed by atoms with E-state index in [4.69, 9.17) is 16.2 Å². The van der Waals surface area contributed by atoms with E-state index in [2.05, 4.69) is 10.6 Å². The van der Waals surface area contributed by atoms with E-state index in [9.17, 15) is 9.59 Å². The Labute approximate surface area is 145 Å². The van der Waals surface area contributed by atoms with Crippen LogP contribution >= 0.6 is 0 Å². The Bertz CT molecular complexity index is 789. The summed E-state index contributed by atoms with van der Waals surface area (Å²) in [5.41, 5.74) is 8.06. The molecule has 2 rings (SSSR count). The number of rotatable bonds is 7. The molecular weight excluding hydrogens is 320 g/mol. The number of carboxylic acids is 1. The number of aryl methyl sites for hydroxylation is 1. The molecule has 130 valence electrons. The van der Waals surface area contributed by atoms with Crippen molar-refractivity contribution in [1.82, 2.24) is 5.32 Å². The first-order chi connectivity index (χ1) is 12.0. The molecule has 0 aliphatic heterocycles. The number of hydrogen-bond donors (Lipinski definition) is 5. The summed E-state index contributed by atoms with van der Waals surface area (Å²) in [4.78, 5) is 23.1. The van der Waals surface area contributed by atoms with Gasteiger partial charge in [0, 0.05) is 24.2 Å². The molecule has 0 heterocycles. The quantitative estimate of drug-likeness (QED) is 0.389. The second-order valence-corrected chi connectivity index (χ2v) is 5.46. The van der Waals surface area contributed by atoms with Crippen molar-refractivity contribution in [3.63, 3.8) is 0 Å². The third-order valence-electron chi connectivity index (χ3n) is 3.57. The normalized spacial score (nSPS) is 10.1. The lowest BCUT2D eigenvalue weighted by Crippen LogP contribution is -2.24. The minimum atomic E-state index is -0.853. The Hall–Kier alpha value is -3.35. The number of guanidine groups is 1. The Kier molecular flexibility index (Phi) is 6.11. The molecule has 0 spiro atoms. The Morgan fingerprint density at radius 3 is 2.48 bits per heavy atom. The Morgan fingerprint density at radius 2 is 1.80 bits per heavy atom. The number of benzene rings is 2. The zero-order valence-corrected chi connectivity index (χ0v) is 13.6. The van der Waals surface area contributed by atoms with E-state index < -0.39 is 5.97 Å². The largest absolute Gasteiger partial charge is 0.481 e. The minimum absolute atomic E-state index is 0.0454. The molecule has 0 saturated heterocycles. The minimum Gasteiger partial charge on any atom is -0.481 e. The lowest BCUT2D eigenvalue weighted by atomic mass is 10.0. The number of amides is 1. The van der Waals surface area contributed by atoms with Crippen molar-refractivity contribution in [3.05, 3.63) is 65.2 Å². The molecule has 0 atom stereocenters. The number of carbonyl (C=O) groups is 2. The van der Waals surface area contributed by atoms with E-state index >= 15 is 0 Å². The summed E-state index contributed by atoms with van der Waals surface area (Å²) >= 11 is 0. The average Bonchev–Trinajstić information content (AvgIpc) is 2.58. The molecule has 0 aliphatic rings. The van der Waals surface area contributed by atoms with Gasteiger partial charge in [0.05, 0.1) is 0 Å². The highest BCUT2D eigenvalue weighted by Gasteiger charge is 2.09. The molecule has 2 aromatic rings. The second-order valence-electron chi connectivity index (χ2n) is 5.46. The number of carbonyl (C=O) groups excluding carboxylic acids is 1. The molecule has 0 radical (unpaired) electrons. The van der Waals surface area contributed by atoms with E-state index in [1.54, 1.807) is 24.3 Å². The summed E-state index contributed by atoms with van der Waals surface area (Å²) in [5, 5.41) is 21.5. The van der Waals surface area contributed by atoms with Crippen LogP contribution in [0.1, 0.15) is 27.9 Å². The molecule has 7 nitrogen and oxygen atoms in total. The molecule has 0 aromatic heterocycles. The van der Waals surface area contributed by atoms with E-state index in [-0.39, 0.29) is 18.3 Å². The summed E-state index contributed by atoms with van der Waals surface area (Å²) in [6.07, 6.45) is 0.461. The number of aliphatic carboxylic acids is 1. The van der Waals surface area contributed by atoms with Gasteiger partial charge in [0.1, 0.15) is 0 Å². The van der Waals surface area contributed by atoms with Crippen molar-refractivity contribution < 1.29 is 14.7 Å². The number of nitrogens with one attached hydrogen (secondary N) is 3. The van der Waals surface area contributed by atoms with Gasteiger partial charge in [-0.1, -0.05) is 30.3 Å². The molecule has 25 heavy (non-hydrogen) atoms. The first kappa shape index (κ1) is 18.0. The summed E-state index contributed by atoms with van der Waals surface area (Å²) in [6, 6.07) is 14.1. The lowest BCUT2D eigenvalue weighted by molar-refractivity contribution is -0.136. The summed E-state index contributed by atoms with van der Waals surface area (Å²) in [5.74, 6) is -1.32. The van der Waals surface area contributed by atoms with Crippen molar-refractivity contribution in [3.8, 4) is 0 Å². The molecule has 2 aromatic carbocycles. The van der Waals surface area contributed by atoms with E-state index in [0.717, 1.165) is 11.1 Å². The van der Waals surface area contributed by atoms with Gasteiger partial charge in [-0.25, -0.2) is 0 Å². The maximum absolute atomic E-state index is 12.3. The molecule has 0 unspecified atom stereocenters. The van der Waals surface area contributed by atoms with Crippen LogP contribution in [0, 0.1) is 5.41 Å². The average molecular weight is 340 g/mol. The third-order valence-corrected chi connectivity index (χ3v) is 3.57. The molecule has 0 saturated carbocycles. The van der Waals surface area contributed by atoms with Crippen LogP contribution in [0.4, 0.5) is 5.69 Å². The standard InChI is InChI=1S/C18H20N4O3/c19-18(20)22-15-7-3-6-13(10-15)17(25)21-11-14-5-2-1-4-12(14)8-9-16(23)24/h1-7,10H,8-9,11H2,(H,21,25)(H,23,24)(H4,19,20,22). The van der Waals surface area contributed by atoms with Crippen molar-refractivity contribution in [1.29, 1.82) is 5.41 Å². The van der Waals surface area contributed by atoms with E-state index in [1.807, 2.05) is 24.3 Å². The lowest BCUT2D eigenvalue weighted by Gasteiger charge is -2.11. The molecule has 0 bridgehead atoms. The maximum atomic E-state index is 12.3. The molecule has 1 amide bonds. The van der Waals surface area contributed by atoms with Gasteiger partial charge in [-0.3, -0.25) is 15.0 Å².